The first-order valence-electron chi connectivity index (χ1n) is 10.2. The molecule has 4 rings (SSSR count). The molecule has 0 aliphatic heterocycles. The number of hydrogen-bond donors (Lipinski definition) is 2. The summed E-state index contributed by atoms with van der Waals surface area (Å²) in [7, 11) is -4.02. The third kappa shape index (κ3) is 5.38. The molecule has 4 aromatic rings. The molecule has 3 aromatic carbocycles. The molecule has 0 aliphatic carbocycles. The lowest BCUT2D eigenvalue weighted by molar-refractivity contribution is 0.102. The van der Waals surface area contributed by atoms with Crippen LogP contribution in [0.2, 0.25) is 5.02 Å². The molecule has 0 atom stereocenters. The van der Waals surface area contributed by atoms with Crippen LogP contribution in [0.5, 0.6) is 5.75 Å². The molecule has 174 valence electrons. The van der Waals surface area contributed by atoms with Crippen molar-refractivity contribution in [3.63, 3.8) is 0 Å². The zero-order valence-electron chi connectivity index (χ0n) is 18.0. The summed E-state index contributed by atoms with van der Waals surface area (Å²) in [6.07, 6.45) is 0. The number of nitrogens with zero attached hydrogens (tertiary/aromatic N) is 1. The van der Waals surface area contributed by atoms with Crippen molar-refractivity contribution in [2.45, 2.75) is 11.8 Å². The Hall–Kier alpha value is -3.82. The molecule has 1 heterocycles. The van der Waals surface area contributed by atoms with Gasteiger partial charge in [-0.25, -0.2) is 0 Å². The first kappa shape index (κ1) is 23.3. The number of nitrogens with one attached hydrogen (secondary N) is 2. The monoisotopic (exact) mass is 497 g/mol. The number of fused-ring (bicyclic) bond motifs is 1. The number of carbonyl (C=O) groups excluding carboxylic acids is 1. The highest BCUT2D eigenvalue weighted by Gasteiger charge is 2.16. The van der Waals surface area contributed by atoms with Gasteiger partial charge in [0.15, 0.2) is 0 Å². The van der Waals surface area contributed by atoms with Gasteiger partial charge in [0.2, 0.25) is 5.55 Å². The molecular formula is C24H20ClN3O5S. The van der Waals surface area contributed by atoms with Gasteiger partial charge in [0.1, 0.15) is 16.9 Å². The fourth-order valence-electron chi connectivity index (χ4n) is 3.08. The van der Waals surface area contributed by atoms with Crippen LogP contribution in [0.3, 0.4) is 0 Å². The van der Waals surface area contributed by atoms with E-state index in [1.165, 1.54) is 24.3 Å². The summed E-state index contributed by atoms with van der Waals surface area (Å²) >= 11 is 5.83. The largest absolute Gasteiger partial charge is 0.494 e. The highest BCUT2D eigenvalue weighted by atomic mass is 35.5. The van der Waals surface area contributed by atoms with Gasteiger partial charge in [-0.2, -0.15) is 13.2 Å². The topological polar surface area (TPSA) is 110 Å². The lowest BCUT2D eigenvalue weighted by atomic mass is 10.1. The maximum atomic E-state index is 13.1. The van der Waals surface area contributed by atoms with Gasteiger partial charge in [0.05, 0.1) is 11.5 Å². The van der Waals surface area contributed by atoms with E-state index in [1.807, 2.05) is 6.92 Å². The smallest absolute Gasteiger partial charge is 0.276 e. The van der Waals surface area contributed by atoms with Gasteiger partial charge in [-0.15, -0.1) is 5.10 Å². The van der Waals surface area contributed by atoms with E-state index in [4.69, 9.17) is 20.8 Å². The molecule has 10 heteroatoms. The molecule has 0 saturated heterocycles. The van der Waals surface area contributed by atoms with Crippen LogP contribution in [0.4, 0.5) is 5.69 Å². The van der Waals surface area contributed by atoms with E-state index in [1.54, 1.807) is 54.6 Å². The second-order valence-electron chi connectivity index (χ2n) is 7.08. The van der Waals surface area contributed by atoms with Gasteiger partial charge in [0.25, 0.3) is 15.9 Å². The van der Waals surface area contributed by atoms with Crippen molar-refractivity contribution in [2.24, 2.45) is 5.10 Å². The minimum absolute atomic E-state index is 0.0400. The van der Waals surface area contributed by atoms with Crippen LogP contribution in [0, 0.1) is 0 Å². The van der Waals surface area contributed by atoms with Crippen LogP contribution >= 0.6 is 11.6 Å². The Morgan fingerprint density at radius 1 is 1.03 bits per heavy atom. The lowest BCUT2D eigenvalue weighted by Crippen LogP contribution is -2.27. The maximum absolute atomic E-state index is 13.1. The van der Waals surface area contributed by atoms with Crippen LogP contribution in [-0.4, -0.2) is 20.9 Å². The number of benzene rings is 3. The Balaban J connectivity index is 1.69. The number of hydrogen-bond acceptors (Lipinski definition) is 6. The number of anilines is 1. The van der Waals surface area contributed by atoms with E-state index in [-0.39, 0.29) is 16.0 Å². The van der Waals surface area contributed by atoms with Gasteiger partial charge in [-0.1, -0.05) is 29.8 Å². The van der Waals surface area contributed by atoms with Crippen LogP contribution in [0.25, 0.3) is 11.0 Å². The third-order valence-electron chi connectivity index (χ3n) is 4.72. The van der Waals surface area contributed by atoms with Gasteiger partial charge in [0, 0.05) is 16.1 Å². The van der Waals surface area contributed by atoms with Crippen molar-refractivity contribution in [3.8, 4) is 5.75 Å². The van der Waals surface area contributed by atoms with E-state index in [9.17, 15) is 13.2 Å². The zero-order valence-corrected chi connectivity index (χ0v) is 19.6. The van der Waals surface area contributed by atoms with E-state index in [0.29, 0.717) is 34.0 Å². The molecule has 0 aliphatic rings. The average molecular weight is 498 g/mol. The van der Waals surface area contributed by atoms with Crippen LogP contribution in [0.15, 0.2) is 93.3 Å². The van der Waals surface area contributed by atoms with Crippen molar-refractivity contribution in [2.75, 3.05) is 11.9 Å². The standard InChI is InChI=1S/C24H20ClN3O5S/c1-2-32-19-11-9-18(10-12-19)26-23(29)21-15-16-5-3-4-6-22(16)33-24(21)27-28-34(30,31)20-13-7-17(25)8-14-20/h3-15,28H,2H2,1H3,(H,26,29)/b27-24-. The van der Waals surface area contributed by atoms with Crippen molar-refractivity contribution in [3.05, 3.63) is 95.0 Å². The van der Waals surface area contributed by atoms with E-state index in [0.717, 1.165) is 0 Å². The number of sulfonamides is 1. The minimum Gasteiger partial charge on any atom is -0.494 e. The van der Waals surface area contributed by atoms with Crippen molar-refractivity contribution >= 4 is 44.2 Å². The predicted octanol–water partition coefficient (Wildman–Crippen LogP) is 4.53. The van der Waals surface area contributed by atoms with Crippen molar-refractivity contribution in [1.29, 1.82) is 0 Å². The molecule has 0 saturated carbocycles. The van der Waals surface area contributed by atoms with Gasteiger partial charge in [-0.3, -0.25) is 4.79 Å². The highest BCUT2D eigenvalue weighted by Crippen LogP contribution is 2.18. The molecule has 2 N–H and O–H groups in total. The maximum Gasteiger partial charge on any atom is 0.276 e. The van der Waals surface area contributed by atoms with Crippen molar-refractivity contribution < 1.29 is 22.4 Å². The molecule has 0 unspecified atom stereocenters. The molecule has 0 fully saturated rings. The number of carbonyl (C=O) groups is 1. The SMILES string of the molecule is CCOc1ccc(NC(=O)c2cc3ccccc3o/c2=N\NS(=O)(=O)c2ccc(Cl)cc2)cc1. The molecule has 1 amide bonds. The van der Waals surface area contributed by atoms with Crippen LogP contribution < -0.4 is 20.4 Å². The molecular weight excluding hydrogens is 478 g/mol. The predicted molar refractivity (Wildman–Crippen MR) is 129 cm³/mol. The molecule has 0 radical (unpaired) electrons. The molecule has 34 heavy (non-hydrogen) atoms. The van der Waals surface area contributed by atoms with Gasteiger partial charge in [-0.05, 0) is 67.6 Å². The Labute approximate surface area is 200 Å². The minimum atomic E-state index is -4.02. The summed E-state index contributed by atoms with van der Waals surface area (Å²) in [6.45, 7) is 2.41. The summed E-state index contributed by atoms with van der Waals surface area (Å²) in [5.74, 6) is 0.150. The fourth-order valence-corrected chi connectivity index (χ4v) is 4.01. The first-order chi connectivity index (χ1) is 16.4. The molecule has 0 spiro atoms. The quantitative estimate of drug-likeness (QED) is 0.364. The Kier molecular flexibility index (Phi) is 6.85. The van der Waals surface area contributed by atoms with Crippen LogP contribution in [0.1, 0.15) is 17.3 Å². The van der Waals surface area contributed by atoms with E-state index in [2.05, 4.69) is 15.2 Å². The molecule has 1 aromatic heterocycles. The Morgan fingerprint density at radius 3 is 2.44 bits per heavy atom. The Bertz CT molecular complexity index is 1500. The summed E-state index contributed by atoms with van der Waals surface area (Å²) in [6, 6.07) is 21.0. The number of rotatable bonds is 7. The second-order valence-corrected chi connectivity index (χ2v) is 9.17. The van der Waals surface area contributed by atoms with Crippen molar-refractivity contribution in [1.82, 2.24) is 4.83 Å². The second kappa shape index (κ2) is 9.98. The number of amides is 1. The summed E-state index contributed by atoms with van der Waals surface area (Å²) in [5, 5.41) is 7.72. The van der Waals surface area contributed by atoms with E-state index < -0.39 is 15.9 Å². The molecule has 0 bridgehead atoms. The lowest BCUT2D eigenvalue weighted by Gasteiger charge is -2.09. The van der Waals surface area contributed by atoms with Gasteiger partial charge >= 0.3 is 0 Å². The summed E-state index contributed by atoms with van der Waals surface area (Å²) < 4.78 is 36.4. The van der Waals surface area contributed by atoms with Crippen LogP contribution in [-0.2, 0) is 10.0 Å². The summed E-state index contributed by atoms with van der Waals surface area (Å²) in [5.41, 5.74) is 0.810. The number of para-hydroxylation sites is 1. The Morgan fingerprint density at radius 2 is 1.74 bits per heavy atom. The normalized spacial score (nSPS) is 11.9. The number of halogens is 1. The zero-order chi connectivity index (χ0) is 24.1. The van der Waals surface area contributed by atoms with E-state index >= 15 is 0 Å². The first-order valence-corrected chi connectivity index (χ1v) is 12.1. The number of ether oxygens (including phenoxy) is 1. The summed E-state index contributed by atoms with van der Waals surface area (Å²) in [4.78, 5) is 15.1. The third-order valence-corrected chi connectivity index (χ3v) is 6.19. The van der Waals surface area contributed by atoms with Gasteiger partial charge < -0.3 is 14.5 Å². The average Bonchev–Trinajstić information content (AvgIpc) is 2.84. The highest BCUT2D eigenvalue weighted by molar-refractivity contribution is 7.89. The molecule has 8 nitrogen and oxygen atoms in total. The fraction of sp³-hybridized carbons (Fsp3) is 0.0833.